The van der Waals surface area contributed by atoms with Crippen LogP contribution in [0.3, 0.4) is 0 Å². The maximum Gasteiger partial charge on any atom is 0.272 e. The van der Waals surface area contributed by atoms with Crippen molar-refractivity contribution < 1.29 is 18.0 Å². The quantitative estimate of drug-likeness (QED) is 0.680. The number of hydrogen-bond donors (Lipinski definition) is 1. The first-order chi connectivity index (χ1) is 13.5. The Hall–Kier alpha value is -3.35. The summed E-state index contributed by atoms with van der Waals surface area (Å²) in [6.07, 6.45) is 2.17. The third-order valence-electron chi connectivity index (χ3n) is 4.71. The summed E-state index contributed by atoms with van der Waals surface area (Å²) in [6.45, 7) is 1.07. The van der Waals surface area contributed by atoms with Gasteiger partial charge in [0.25, 0.3) is 5.91 Å². The number of carbonyl (C=O) groups excluding carboxylic acids is 1. The minimum atomic E-state index is -1.55. The minimum absolute atomic E-state index is 0.187. The van der Waals surface area contributed by atoms with Crippen LogP contribution in [0, 0.1) is 17.5 Å². The highest BCUT2D eigenvalue weighted by molar-refractivity contribution is 5.93. The predicted octanol–water partition coefficient (Wildman–Crippen LogP) is 4.44. The van der Waals surface area contributed by atoms with Crippen molar-refractivity contribution in [3.05, 3.63) is 89.0 Å². The summed E-state index contributed by atoms with van der Waals surface area (Å²) < 4.78 is 40.3. The third kappa shape index (κ3) is 3.43. The molecule has 2 heterocycles. The maximum atomic E-state index is 13.9. The van der Waals surface area contributed by atoms with Gasteiger partial charge in [-0.3, -0.25) is 9.78 Å². The van der Waals surface area contributed by atoms with Crippen LogP contribution < -0.4 is 5.32 Å². The lowest BCUT2D eigenvalue weighted by Crippen LogP contribution is -2.36. The third-order valence-corrected chi connectivity index (χ3v) is 4.71. The molecular formula is C21H16F3N3O. The standard InChI is InChI=1S/C21H16F3N3O/c22-16-5-6-17(20(24)19(16)23)26-15-7-9-25-18(11-15)21(28)27-10-8-13-3-1-2-4-14(13)12-27/h1-7,9,11H,8,10,12H2,(H,25,26). The first-order valence-corrected chi connectivity index (χ1v) is 8.75. The van der Waals surface area contributed by atoms with Gasteiger partial charge in [-0.1, -0.05) is 24.3 Å². The maximum absolute atomic E-state index is 13.9. The molecule has 4 rings (SSSR count). The molecular weight excluding hydrogens is 367 g/mol. The van der Waals surface area contributed by atoms with Crippen LogP contribution in [0.2, 0.25) is 0 Å². The highest BCUT2D eigenvalue weighted by Gasteiger charge is 2.22. The van der Waals surface area contributed by atoms with Crippen molar-refractivity contribution in [3.8, 4) is 0 Å². The van der Waals surface area contributed by atoms with Gasteiger partial charge in [0.05, 0.1) is 5.69 Å². The molecule has 0 atom stereocenters. The molecule has 4 nitrogen and oxygen atoms in total. The number of anilines is 2. The number of carbonyl (C=O) groups is 1. The fourth-order valence-corrected chi connectivity index (χ4v) is 3.23. The molecule has 142 valence electrons. The van der Waals surface area contributed by atoms with E-state index < -0.39 is 17.5 Å². The number of fused-ring (bicyclic) bond motifs is 1. The van der Waals surface area contributed by atoms with Crippen molar-refractivity contribution in [2.24, 2.45) is 0 Å². The van der Waals surface area contributed by atoms with E-state index in [2.05, 4.69) is 16.4 Å². The molecule has 1 aliphatic heterocycles. The molecule has 3 aromatic rings. The van der Waals surface area contributed by atoms with Gasteiger partial charge in [-0.25, -0.2) is 13.2 Å². The van der Waals surface area contributed by atoms with E-state index in [0.29, 0.717) is 18.8 Å². The predicted molar refractivity (Wildman–Crippen MR) is 98.7 cm³/mol. The van der Waals surface area contributed by atoms with Gasteiger partial charge in [0.15, 0.2) is 17.5 Å². The number of benzene rings is 2. The molecule has 0 saturated heterocycles. The number of halogens is 3. The molecule has 0 fully saturated rings. The fraction of sp³-hybridized carbons (Fsp3) is 0.143. The number of pyridine rings is 1. The van der Waals surface area contributed by atoms with E-state index in [-0.39, 0.29) is 17.3 Å². The highest BCUT2D eigenvalue weighted by Crippen LogP contribution is 2.25. The first-order valence-electron chi connectivity index (χ1n) is 8.75. The average molecular weight is 383 g/mol. The van der Waals surface area contributed by atoms with E-state index in [1.54, 1.807) is 4.90 Å². The van der Waals surface area contributed by atoms with Crippen LogP contribution in [0.5, 0.6) is 0 Å². The monoisotopic (exact) mass is 383 g/mol. The normalized spacial score (nSPS) is 13.2. The van der Waals surface area contributed by atoms with Crippen LogP contribution in [-0.2, 0) is 13.0 Å². The second kappa shape index (κ2) is 7.34. The summed E-state index contributed by atoms with van der Waals surface area (Å²) in [5, 5.41) is 2.66. The Morgan fingerprint density at radius 3 is 2.61 bits per heavy atom. The lowest BCUT2D eigenvalue weighted by molar-refractivity contribution is 0.0729. The van der Waals surface area contributed by atoms with Gasteiger partial charge in [0.1, 0.15) is 5.69 Å². The zero-order valence-corrected chi connectivity index (χ0v) is 14.8. The van der Waals surface area contributed by atoms with Crippen LogP contribution >= 0.6 is 0 Å². The number of nitrogens with zero attached hydrogens (tertiary/aromatic N) is 2. The Morgan fingerprint density at radius 1 is 1.00 bits per heavy atom. The largest absolute Gasteiger partial charge is 0.353 e. The van der Waals surface area contributed by atoms with Gasteiger partial charge in [-0.15, -0.1) is 0 Å². The number of hydrogen-bond acceptors (Lipinski definition) is 3. The van der Waals surface area contributed by atoms with Gasteiger partial charge < -0.3 is 10.2 Å². The molecule has 1 amide bonds. The van der Waals surface area contributed by atoms with E-state index in [4.69, 9.17) is 0 Å². The van der Waals surface area contributed by atoms with E-state index in [1.165, 1.54) is 23.9 Å². The number of amides is 1. The molecule has 28 heavy (non-hydrogen) atoms. The van der Waals surface area contributed by atoms with Crippen molar-refractivity contribution in [3.63, 3.8) is 0 Å². The van der Waals surface area contributed by atoms with Crippen molar-refractivity contribution >= 4 is 17.3 Å². The van der Waals surface area contributed by atoms with Crippen LogP contribution in [-0.4, -0.2) is 22.3 Å². The SMILES string of the molecule is O=C(c1cc(Nc2ccc(F)c(F)c2F)ccn1)N1CCc2ccccc2C1. The van der Waals surface area contributed by atoms with Gasteiger partial charge in [-0.05, 0) is 41.8 Å². The summed E-state index contributed by atoms with van der Waals surface area (Å²) in [5.41, 5.74) is 2.63. The Balaban J connectivity index is 1.54. The van der Waals surface area contributed by atoms with Crippen LogP contribution in [0.15, 0.2) is 54.7 Å². The van der Waals surface area contributed by atoms with E-state index >= 15 is 0 Å². The van der Waals surface area contributed by atoms with Crippen LogP contribution in [0.1, 0.15) is 21.6 Å². The average Bonchev–Trinajstić information content (AvgIpc) is 2.73. The minimum Gasteiger partial charge on any atom is -0.353 e. The molecule has 1 aromatic heterocycles. The molecule has 0 bridgehead atoms. The molecule has 0 aliphatic carbocycles. The second-order valence-electron chi connectivity index (χ2n) is 6.52. The Morgan fingerprint density at radius 2 is 1.79 bits per heavy atom. The van der Waals surface area contributed by atoms with Crippen molar-refractivity contribution in [1.29, 1.82) is 0 Å². The van der Waals surface area contributed by atoms with Crippen LogP contribution in [0.4, 0.5) is 24.5 Å². The molecule has 0 radical (unpaired) electrons. The first kappa shape index (κ1) is 18.0. The molecule has 2 aromatic carbocycles. The summed E-state index contributed by atoms with van der Waals surface area (Å²) in [4.78, 5) is 18.6. The van der Waals surface area contributed by atoms with Gasteiger partial charge >= 0.3 is 0 Å². The summed E-state index contributed by atoms with van der Waals surface area (Å²) in [6, 6.07) is 12.9. The number of rotatable bonds is 3. The molecule has 0 spiro atoms. The zero-order chi connectivity index (χ0) is 19.7. The summed E-state index contributed by atoms with van der Waals surface area (Å²) in [7, 11) is 0. The van der Waals surface area contributed by atoms with E-state index in [1.807, 2.05) is 18.2 Å². The van der Waals surface area contributed by atoms with E-state index in [9.17, 15) is 18.0 Å². The van der Waals surface area contributed by atoms with E-state index in [0.717, 1.165) is 24.1 Å². The highest BCUT2D eigenvalue weighted by atomic mass is 19.2. The Labute approximate surface area is 159 Å². The topological polar surface area (TPSA) is 45.2 Å². The molecule has 1 N–H and O–H groups in total. The summed E-state index contributed by atoms with van der Waals surface area (Å²) in [5.74, 6) is -4.39. The zero-order valence-electron chi connectivity index (χ0n) is 14.8. The molecule has 0 saturated carbocycles. The Bertz CT molecular complexity index is 1050. The fourth-order valence-electron chi connectivity index (χ4n) is 3.23. The molecule has 7 heteroatoms. The van der Waals surface area contributed by atoms with Crippen LogP contribution in [0.25, 0.3) is 0 Å². The lowest BCUT2D eigenvalue weighted by Gasteiger charge is -2.28. The van der Waals surface area contributed by atoms with Gasteiger partial charge in [-0.2, -0.15) is 0 Å². The lowest BCUT2D eigenvalue weighted by atomic mass is 10.00. The van der Waals surface area contributed by atoms with Crippen molar-refractivity contribution in [2.45, 2.75) is 13.0 Å². The van der Waals surface area contributed by atoms with Gasteiger partial charge in [0, 0.05) is 25.0 Å². The number of nitrogens with one attached hydrogen (secondary N) is 1. The second-order valence-corrected chi connectivity index (χ2v) is 6.52. The van der Waals surface area contributed by atoms with Gasteiger partial charge in [0.2, 0.25) is 0 Å². The van der Waals surface area contributed by atoms with Crippen molar-refractivity contribution in [1.82, 2.24) is 9.88 Å². The molecule has 0 unspecified atom stereocenters. The number of aromatic nitrogens is 1. The molecule has 1 aliphatic rings. The smallest absolute Gasteiger partial charge is 0.272 e. The Kier molecular flexibility index (Phi) is 4.73. The summed E-state index contributed by atoms with van der Waals surface area (Å²) >= 11 is 0. The van der Waals surface area contributed by atoms with Crippen molar-refractivity contribution in [2.75, 3.05) is 11.9 Å².